The number of amides is 1. The first kappa shape index (κ1) is 17.5. The largest absolute Gasteiger partial charge is 0.493 e. The number of hydrogen-bond donors (Lipinski definition) is 2. The zero-order valence-electron chi connectivity index (χ0n) is 14.4. The smallest absolute Gasteiger partial charge is 0.264 e. The summed E-state index contributed by atoms with van der Waals surface area (Å²) >= 11 is 0. The van der Waals surface area contributed by atoms with Crippen LogP contribution in [0.5, 0.6) is 11.5 Å². The van der Waals surface area contributed by atoms with Crippen molar-refractivity contribution in [3.8, 4) is 11.5 Å². The summed E-state index contributed by atoms with van der Waals surface area (Å²) in [6.45, 7) is -0.204. The maximum absolute atomic E-state index is 11.8. The minimum absolute atomic E-state index is 0.108. The van der Waals surface area contributed by atoms with E-state index in [1.54, 1.807) is 7.11 Å². The number of oxime groups is 1. The van der Waals surface area contributed by atoms with Gasteiger partial charge in [-0.3, -0.25) is 4.79 Å². The Labute approximate surface area is 146 Å². The summed E-state index contributed by atoms with van der Waals surface area (Å²) in [5, 5.41) is 13.2. The molecule has 0 spiro atoms. The maximum Gasteiger partial charge on any atom is 0.264 e. The van der Waals surface area contributed by atoms with Crippen LogP contribution in [0, 0.1) is 0 Å². The van der Waals surface area contributed by atoms with Crippen molar-refractivity contribution in [1.29, 1.82) is 0 Å². The summed E-state index contributed by atoms with van der Waals surface area (Å²) in [5.74, 6) is 0.691. The third kappa shape index (κ3) is 3.56. The summed E-state index contributed by atoms with van der Waals surface area (Å²) in [4.78, 5) is 17.1. The molecule has 1 heterocycles. The van der Waals surface area contributed by atoms with E-state index in [1.807, 2.05) is 18.2 Å². The van der Waals surface area contributed by atoms with Gasteiger partial charge in [0.25, 0.3) is 5.91 Å². The van der Waals surface area contributed by atoms with Crippen LogP contribution in [-0.2, 0) is 9.63 Å². The molecule has 3 rings (SSSR count). The molecule has 0 radical (unpaired) electrons. The summed E-state index contributed by atoms with van der Waals surface area (Å²) in [6.07, 6.45) is 4.96. The second kappa shape index (κ2) is 7.31. The molecule has 2 aliphatic rings. The van der Waals surface area contributed by atoms with Crippen LogP contribution >= 0.6 is 0 Å². The molecule has 7 nitrogen and oxygen atoms in total. The fourth-order valence-corrected chi connectivity index (χ4v) is 3.34. The predicted octanol–water partition coefficient (Wildman–Crippen LogP) is 1.75. The van der Waals surface area contributed by atoms with E-state index in [2.05, 4.69) is 5.16 Å². The van der Waals surface area contributed by atoms with Crippen molar-refractivity contribution in [3.63, 3.8) is 0 Å². The van der Waals surface area contributed by atoms with E-state index >= 15 is 0 Å². The molecular weight excluding hydrogens is 324 g/mol. The topological polar surface area (TPSA) is 103 Å². The van der Waals surface area contributed by atoms with Crippen molar-refractivity contribution in [2.75, 3.05) is 13.7 Å². The molecule has 1 aliphatic heterocycles. The van der Waals surface area contributed by atoms with E-state index in [9.17, 15) is 9.90 Å². The highest BCUT2D eigenvalue weighted by Crippen LogP contribution is 2.35. The van der Waals surface area contributed by atoms with Gasteiger partial charge in [-0.15, -0.1) is 0 Å². The Bertz CT molecular complexity index is 669. The molecule has 1 aromatic carbocycles. The quantitative estimate of drug-likeness (QED) is 0.781. The van der Waals surface area contributed by atoms with E-state index < -0.39 is 11.5 Å². The molecule has 0 aromatic heterocycles. The van der Waals surface area contributed by atoms with Crippen LogP contribution in [0.2, 0.25) is 0 Å². The standard InChI is InChI=1S/C18H24N2O5/c1-23-15-7-6-12(10-16(15)24-13-4-2-3-5-13)14-11-18(8-9-21,17(19)22)25-20-14/h6-7,10,13,21H,2-5,8-9,11H2,1H3,(H2,19,22). The molecule has 136 valence electrons. The van der Waals surface area contributed by atoms with Crippen LogP contribution in [-0.4, -0.2) is 42.1 Å². The van der Waals surface area contributed by atoms with Gasteiger partial charge >= 0.3 is 0 Å². The number of nitrogens with zero attached hydrogens (tertiary/aromatic N) is 1. The molecule has 7 heteroatoms. The van der Waals surface area contributed by atoms with E-state index in [1.165, 1.54) is 12.8 Å². The number of aliphatic hydroxyl groups is 1. The highest BCUT2D eigenvalue weighted by atomic mass is 16.7. The molecule has 1 fully saturated rings. The molecule has 0 saturated heterocycles. The molecule has 1 atom stereocenters. The van der Waals surface area contributed by atoms with E-state index in [-0.39, 0.29) is 25.6 Å². The molecule has 1 aliphatic carbocycles. The fourth-order valence-electron chi connectivity index (χ4n) is 3.34. The average molecular weight is 348 g/mol. The van der Waals surface area contributed by atoms with E-state index in [4.69, 9.17) is 20.0 Å². The van der Waals surface area contributed by atoms with Gasteiger partial charge in [0.05, 0.1) is 18.9 Å². The second-order valence-corrected chi connectivity index (χ2v) is 6.53. The van der Waals surface area contributed by atoms with Gasteiger partial charge in [-0.25, -0.2) is 0 Å². The predicted molar refractivity (Wildman–Crippen MR) is 91.7 cm³/mol. The fraction of sp³-hybridized carbons (Fsp3) is 0.556. The summed E-state index contributed by atoms with van der Waals surface area (Å²) in [5.41, 5.74) is 5.56. The summed E-state index contributed by atoms with van der Waals surface area (Å²) in [7, 11) is 1.60. The number of rotatable bonds is 7. The number of carbonyl (C=O) groups excluding carboxylic acids is 1. The SMILES string of the molecule is COc1ccc(C2=NOC(CCO)(C(N)=O)C2)cc1OC1CCCC1. The summed E-state index contributed by atoms with van der Waals surface area (Å²) < 4.78 is 11.5. The number of ether oxygens (including phenoxy) is 2. The lowest BCUT2D eigenvalue weighted by molar-refractivity contribution is -0.142. The lowest BCUT2D eigenvalue weighted by atomic mass is 9.90. The van der Waals surface area contributed by atoms with Gasteiger partial charge in [-0.2, -0.15) is 0 Å². The van der Waals surface area contributed by atoms with Gasteiger partial charge < -0.3 is 25.2 Å². The van der Waals surface area contributed by atoms with Gasteiger partial charge in [0, 0.05) is 25.0 Å². The van der Waals surface area contributed by atoms with Crippen molar-refractivity contribution in [3.05, 3.63) is 23.8 Å². The van der Waals surface area contributed by atoms with Crippen LogP contribution in [0.1, 0.15) is 44.1 Å². The Kier molecular flexibility index (Phi) is 5.13. The third-order valence-corrected chi connectivity index (χ3v) is 4.84. The number of aliphatic hydroxyl groups excluding tert-OH is 1. The number of benzene rings is 1. The van der Waals surface area contributed by atoms with Crippen molar-refractivity contribution in [1.82, 2.24) is 0 Å². The van der Waals surface area contributed by atoms with Crippen molar-refractivity contribution < 1.29 is 24.2 Å². The Morgan fingerprint density at radius 2 is 2.16 bits per heavy atom. The Morgan fingerprint density at radius 3 is 2.80 bits per heavy atom. The van der Waals surface area contributed by atoms with Gasteiger partial charge in [-0.1, -0.05) is 5.16 Å². The van der Waals surface area contributed by atoms with Crippen molar-refractivity contribution >= 4 is 11.6 Å². The molecule has 25 heavy (non-hydrogen) atoms. The van der Waals surface area contributed by atoms with Gasteiger partial charge in [0.1, 0.15) is 0 Å². The first-order valence-electron chi connectivity index (χ1n) is 8.59. The Balaban J connectivity index is 1.81. The Hall–Kier alpha value is -2.28. The van der Waals surface area contributed by atoms with Crippen LogP contribution in [0.4, 0.5) is 0 Å². The summed E-state index contributed by atoms with van der Waals surface area (Å²) in [6, 6.07) is 5.52. The molecule has 1 unspecified atom stereocenters. The number of methoxy groups -OCH3 is 1. The first-order valence-corrected chi connectivity index (χ1v) is 8.59. The van der Waals surface area contributed by atoms with Crippen molar-refractivity contribution in [2.24, 2.45) is 10.9 Å². The molecule has 3 N–H and O–H groups in total. The molecule has 0 bridgehead atoms. The van der Waals surface area contributed by atoms with E-state index in [0.29, 0.717) is 17.2 Å². The molecule has 1 amide bonds. The average Bonchev–Trinajstić information content (AvgIpc) is 3.26. The van der Waals surface area contributed by atoms with Crippen LogP contribution in [0.3, 0.4) is 0 Å². The zero-order valence-corrected chi connectivity index (χ0v) is 14.4. The monoisotopic (exact) mass is 348 g/mol. The van der Waals surface area contributed by atoms with Gasteiger partial charge in [0.15, 0.2) is 11.5 Å². The molecular formula is C18H24N2O5. The van der Waals surface area contributed by atoms with Crippen LogP contribution in [0.25, 0.3) is 0 Å². The second-order valence-electron chi connectivity index (χ2n) is 6.53. The number of carbonyl (C=O) groups is 1. The normalized spacial score (nSPS) is 23.2. The highest BCUT2D eigenvalue weighted by molar-refractivity contribution is 6.05. The van der Waals surface area contributed by atoms with Crippen LogP contribution < -0.4 is 15.2 Å². The molecule has 1 aromatic rings. The maximum atomic E-state index is 11.8. The first-order chi connectivity index (χ1) is 12.1. The van der Waals surface area contributed by atoms with Gasteiger partial charge in [0.2, 0.25) is 5.60 Å². The lowest BCUT2D eigenvalue weighted by Crippen LogP contribution is -2.44. The van der Waals surface area contributed by atoms with Gasteiger partial charge in [-0.05, 0) is 43.9 Å². The highest BCUT2D eigenvalue weighted by Gasteiger charge is 2.45. The van der Waals surface area contributed by atoms with E-state index in [0.717, 1.165) is 18.4 Å². The minimum atomic E-state index is -1.28. The van der Waals surface area contributed by atoms with Crippen LogP contribution in [0.15, 0.2) is 23.4 Å². The molecule has 1 saturated carbocycles. The number of hydrogen-bond acceptors (Lipinski definition) is 6. The Morgan fingerprint density at radius 1 is 1.40 bits per heavy atom. The van der Waals surface area contributed by atoms with Crippen molar-refractivity contribution in [2.45, 2.75) is 50.2 Å². The number of nitrogens with two attached hydrogens (primary N) is 1. The lowest BCUT2D eigenvalue weighted by Gasteiger charge is -2.21. The third-order valence-electron chi connectivity index (χ3n) is 4.84. The number of primary amides is 1. The zero-order chi connectivity index (χ0) is 17.9. The minimum Gasteiger partial charge on any atom is -0.493 e.